The number of aryl methyl sites for hydroxylation is 1. The minimum atomic E-state index is -0.205. The van der Waals surface area contributed by atoms with Gasteiger partial charge in [-0.15, -0.1) is 11.8 Å². The van der Waals surface area contributed by atoms with Gasteiger partial charge in [0.25, 0.3) is 5.56 Å². The lowest BCUT2D eigenvalue weighted by atomic mass is 10.3. The second kappa shape index (κ2) is 5.16. The molecule has 0 spiro atoms. The van der Waals surface area contributed by atoms with Crippen LogP contribution in [0.15, 0.2) is 34.0 Å². The van der Waals surface area contributed by atoms with Crippen molar-refractivity contribution in [1.82, 2.24) is 9.97 Å². The summed E-state index contributed by atoms with van der Waals surface area (Å²) >= 11 is 3.72. The van der Waals surface area contributed by atoms with Gasteiger partial charge in [0.1, 0.15) is 5.75 Å². The number of halogens is 1. The van der Waals surface area contributed by atoms with Gasteiger partial charge in [-0.05, 0) is 41.6 Å². The summed E-state index contributed by atoms with van der Waals surface area (Å²) < 4.78 is 6.54. The number of nitrogens with one attached hydrogen (secondary N) is 1. The molecule has 0 aliphatic carbocycles. The first kappa shape index (κ1) is 13.0. The molecule has 6 heteroatoms. The van der Waals surface area contributed by atoms with Gasteiger partial charge in [-0.2, -0.15) is 0 Å². The van der Waals surface area contributed by atoms with E-state index in [1.54, 1.807) is 11.8 Å². The number of aromatic amines is 1. The van der Waals surface area contributed by atoms with Crippen LogP contribution in [-0.4, -0.2) is 15.7 Å². The molecule has 19 heavy (non-hydrogen) atoms. The number of hydrogen-bond donors (Lipinski definition) is 1. The van der Waals surface area contributed by atoms with Crippen molar-refractivity contribution in [2.24, 2.45) is 0 Å². The SMILES string of the molecule is Cc1nc(C2CSc3ccccc3O2)[nH]c(=O)c1I. The Labute approximate surface area is 128 Å². The van der Waals surface area contributed by atoms with E-state index < -0.39 is 0 Å². The minimum Gasteiger partial charge on any atom is -0.480 e. The van der Waals surface area contributed by atoms with Crippen molar-refractivity contribution in [2.45, 2.75) is 17.9 Å². The molecule has 0 fully saturated rings. The predicted octanol–water partition coefficient (Wildman–Crippen LogP) is 2.91. The fraction of sp³-hybridized carbons (Fsp3) is 0.231. The van der Waals surface area contributed by atoms with Crippen LogP contribution in [0.4, 0.5) is 0 Å². The number of nitrogens with zero attached hydrogens (tertiary/aromatic N) is 1. The Kier molecular flexibility index (Phi) is 3.53. The number of thioether (sulfide) groups is 1. The Hall–Kier alpha value is -1.02. The van der Waals surface area contributed by atoms with Crippen LogP contribution in [-0.2, 0) is 0 Å². The summed E-state index contributed by atoms with van der Waals surface area (Å²) in [5.74, 6) is 2.20. The maximum atomic E-state index is 11.8. The largest absolute Gasteiger partial charge is 0.480 e. The Morgan fingerprint density at radius 1 is 1.47 bits per heavy atom. The van der Waals surface area contributed by atoms with E-state index in [4.69, 9.17) is 4.74 Å². The number of ether oxygens (including phenoxy) is 1. The van der Waals surface area contributed by atoms with E-state index in [9.17, 15) is 4.79 Å². The zero-order chi connectivity index (χ0) is 13.4. The van der Waals surface area contributed by atoms with Gasteiger partial charge in [-0.3, -0.25) is 4.79 Å². The van der Waals surface area contributed by atoms with Crippen molar-refractivity contribution in [3.8, 4) is 5.75 Å². The van der Waals surface area contributed by atoms with Crippen LogP contribution in [0.1, 0.15) is 17.6 Å². The highest BCUT2D eigenvalue weighted by molar-refractivity contribution is 14.1. The molecule has 98 valence electrons. The molecule has 1 aliphatic heterocycles. The molecule has 0 saturated carbocycles. The van der Waals surface area contributed by atoms with Crippen molar-refractivity contribution >= 4 is 34.4 Å². The van der Waals surface area contributed by atoms with Crippen molar-refractivity contribution in [1.29, 1.82) is 0 Å². The zero-order valence-electron chi connectivity index (χ0n) is 10.1. The number of aromatic nitrogens is 2. The first-order chi connectivity index (χ1) is 9.15. The fourth-order valence-electron chi connectivity index (χ4n) is 1.90. The molecule has 0 bridgehead atoms. The predicted molar refractivity (Wildman–Crippen MR) is 82.8 cm³/mol. The third-order valence-electron chi connectivity index (χ3n) is 2.86. The Bertz CT molecular complexity index is 687. The lowest BCUT2D eigenvalue weighted by Gasteiger charge is -2.24. The molecule has 1 N–H and O–H groups in total. The van der Waals surface area contributed by atoms with Crippen LogP contribution in [0.25, 0.3) is 0 Å². The Balaban J connectivity index is 1.95. The van der Waals surface area contributed by atoms with E-state index in [0.717, 1.165) is 22.1 Å². The Morgan fingerprint density at radius 3 is 3.05 bits per heavy atom. The van der Waals surface area contributed by atoms with Gasteiger partial charge < -0.3 is 9.72 Å². The van der Waals surface area contributed by atoms with Crippen molar-refractivity contribution in [2.75, 3.05) is 5.75 Å². The third-order valence-corrected chi connectivity index (χ3v) is 5.25. The molecule has 1 aromatic heterocycles. The highest BCUT2D eigenvalue weighted by Crippen LogP contribution is 2.39. The standard InChI is InChI=1S/C13H11IN2O2S/c1-7-11(14)13(17)16-12(15-7)9-6-19-10-5-3-2-4-8(10)18-9/h2-5,9H,6H2,1H3,(H,15,16,17). The number of H-pyrrole nitrogens is 1. The number of para-hydroxylation sites is 1. The first-order valence-electron chi connectivity index (χ1n) is 5.80. The van der Waals surface area contributed by atoms with Crippen molar-refractivity contribution in [3.05, 3.63) is 49.7 Å². The molecule has 1 aliphatic rings. The van der Waals surface area contributed by atoms with Gasteiger partial charge in [-0.1, -0.05) is 12.1 Å². The lowest BCUT2D eigenvalue weighted by Crippen LogP contribution is -2.24. The monoisotopic (exact) mass is 386 g/mol. The van der Waals surface area contributed by atoms with E-state index in [0.29, 0.717) is 9.39 Å². The van der Waals surface area contributed by atoms with E-state index >= 15 is 0 Å². The summed E-state index contributed by atoms with van der Waals surface area (Å²) in [5, 5.41) is 0. The summed E-state index contributed by atoms with van der Waals surface area (Å²) in [6.45, 7) is 1.84. The maximum Gasteiger partial charge on any atom is 0.264 e. The van der Waals surface area contributed by atoms with E-state index in [-0.39, 0.29) is 11.7 Å². The van der Waals surface area contributed by atoms with Crippen LogP contribution in [0, 0.1) is 10.5 Å². The summed E-state index contributed by atoms with van der Waals surface area (Å²) in [5.41, 5.74) is 0.641. The topological polar surface area (TPSA) is 55.0 Å². The second-order valence-corrected chi connectivity index (χ2v) is 6.36. The van der Waals surface area contributed by atoms with Crippen molar-refractivity contribution in [3.63, 3.8) is 0 Å². The van der Waals surface area contributed by atoms with Crippen LogP contribution < -0.4 is 10.3 Å². The summed E-state index contributed by atoms with van der Waals surface area (Å²) in [7, 11) is 0. The molecule has 2 heterocycles. The van der Waals surface area contributed by atoms with Crippen LogP contribution in [0.3, 0.4) is 0 Å². The molecular formula is C13H11IN2O2S. The number of benzene rings is 1. The smallest absolute Gasteiger partial charge is 0.264 e. The van der Waals surface area contributed by atoms with Crippen LogP contribution >= 0.6 is 34.4 Å². The maximum absolute atomic E-state index is 11.8. The Morgan fingerprint density at radius 2 is 2.26 bits per heavy atom. The molecule has 0 amide bonds. The average Bonchev–Trinajstić information content (AvgIpc) is 2.43. The van der Waals surface area contributed by atoms with E-state index in [2.05, 4.69) is 9.97 Å². The molecule has 2 aromatic rings. The van der Waals surface area contributed by atoms with Crippen LogP contribution in [0.2, 0.25) is 0 Å². The third kappa shape index (κ3) is 2.51. The minimum absolute atomic E-state index is 0.101. The first-order valence-corrected chi connectivity index (χ1v) is 7.86. The number of fused-ring (bicyclic) bond motifs is 1. The summed E-state index contributed by atoms with van der Waals surface area (Å²) in [4.78, 5) is 20.1. The molecule has 1 atom stereocenters. The molecule has 0 saturated heterocycles. The van der Waals surface area contributed by atoms with E-state index in [1.807, 2.05) is 53.8 Å². The summed E-state index contributed by atoms with van der Waals surface area (Å²) in [6, 6.07) is 7.90. The normalized spacial score (nSPS) is 17.7. The lowest BCUT2D eigenvalue weighted by molar-refractivity contribution is 0.209. The molecular weight excluding hydrogens is 375 g/mol. The molecule has 0 radical (unpaired) electrons. The van der Waals surface area contributed by atoms with Crippen LogP contribution in [0.5, 0.6) is 5.75 Å². The van der Waals surface area contributed by atoms with Gasteiger partial charge in [-0.25, -0.2) is 4.98 Å². The number of hydrogen-bond acceptors (Lipinski definition) is 4. The summed E-state index contributed by atoms with van der Waals surface area (Å²) in [6.07, 6.45) is -0.205. The quantitative estimate of drug-likeness (QED) is 0.766. The van der Waals surface area contributed by atoms with Gasteiger partial charge in [0, 0.05) is 10.6 Å². The molecule has 1 unspecified atom stereocenters. The van der Waals surface area contributed by atoms with E-state index in [1.165, 1.54) is 0 Å². The molecule has 3 rings (SSSR count). The van der Waals surface area contributed by atoms with Gasteiger partial charge in [0.05, 0.1) is 9.26 Å². The molecule has 4 nitrogen and oxygen atoms in total. The highest BCUT2D eigenvalue weighted by Gasteiger charge is 2.24. The van der Waals surface area contributed by atoms with Gasteiger partial charge in [0.15, 0.2) is 11.9 Å². The highest BCUT2D eigenvalue weighted by atomic mass is 127. The molecule has 1 aromatic carbocycles. The fourth-order valence-corrected chi connectivity index (χ4v) is 3.15. The number of rotatable bonds is 1. The zero-order valence-corrected chi connectivity index (χ0v) is 13.1. The second-order valence-electron chi connectivity index (χ2n) is 4.21. The average molecular weight is 386 g/mol. The van der Waals surface area contributed by atoms with Crippen molar-refractivity contribution < 1.29 is 4.74 Å². The van der Waals surface area contributed by atoms with Gasteiger partial charge in [0.2, 0.25) is 0 Å². The van der Waals surface area contributed by atoms with Gasteiger partial charge >= 0.3 is 0 Å².